The fourth-order valence-electron chi connectivity index (χ4n) is 3.50. The fraction of sp³-hybridized carbons (Fsp3) is 0.571. The van der Waals surface area contributed by atoms with Crippen molar-refractivity contribution in [3.8, 4) is 11.4 Å². The van der Waals surface area contributed by atoms with Gasteiger partial charge in [0.05, 0.1) is 6.67 Å². The zero-order valence-corrected chi connectivity index (χ0v) is 18.1. The highest BCUT2D eigenvalue weighted by Gasteiger charge is 2.25. The molecular weight excluding hydrogens is 386 g/mol. The molecule has 0 aliphatic carbocycles. The zero-order valence-electron chi connectivity index (χ0n) is 17.3. The first-order valence-electron chi connectivity index (χ1n) is 10.4. The third kappa shape index (κ3) is 6.22. The van der Waals surface area contributed by atoms with Crippen molar-refractivity contribution in [2.45, 2.75) is 39.8 Å². The Morgan fingerprint density at radius 3 is 2.72 bits per heavy atom. The first kappa shape index (κ1) is 21.7. The summed E-state index contributed by atoms with van der Waals surface area (Å²) in [6.07, 6.45) is 2.59. The number of aromatic nitrogens is 3. The predicted molar refractivity (Wildman–Crippen MR) is 116 cm³/mol. The summed E-state index contributed by atoms with van der Waals surface area (Å²) in [5.41, 5.74) is 2.24. The van der Waals surface area contributed by atoms with Gasteiger partial charge in [0.1, 0.15) is 0 Å². The van der Waals surface area contributed by atoms with E-state index in [0.29, 0.717) is 24.6 Å². The molecule has 1 aromatic carbocycles. The highest BCUT2D eigenvalue weighted by atomic mass is 32.1. The molecule has 1 saturated heterocycles. The van der Waals surface area contributed by atoms with Gasteiger partial charge in [-0.15, -0.1) is 0 Å². The number of nitrogens with zero attached hydrogens (tertiary/aromatic N) is 3. The van der Waals surface area contributed by atoms with Crippen molar-refractivity contribution in [3.05, 3.63) is 34.6 Å². The predicted octanol–water partition coefficient (Wildman–Crippen LogP) is 3.13. The van der Waals surface area contributed by atoms with E-state index >= 15 is 0 Å². The van der Waals surface area contributed by atoms with Crippen molar-refractivity contribution in [3.63, 3.8) is 0 Å². The van der Waals surface area contributed by atoms with Gasteiger partial charge in [0.2, 0.25) is 10.7 Å². The van der Waals surface area contributed by atoms with E-state index in [-0.39, 0.29) is 11.8 Å². The summed E-state index contributed by atoms with van der Waals surface area (Å²) in [6, 6.07) is 8.23. The van der Waals surface area contributed by atoms with Crippen molar-refractivity contribution in [2.75, 3.05) is 32.8 Å². The Labute approximate surface area is 177 Å². The average Bonchev–Trinajstić information content (AvgIpc) is 3.09. The lowest BCUT2D eigenvalue weighted by Crippen LogP contribution is -2.41. The number of carbonyl (C=O) groups is 1. The largest absolute Gasteiger partial charge is 0.382 e. The molecule has 1 fully saturated rings. The molecule has 0 saturated carbocycles. The van der Waals surface area contributed by atoms with Gasteiger partial charge in [-0.1, -0.05) is 29.8 Å². The SMILES string of the molecule is CCOCCCNC(=O)C1CCN(Cn2[nH]c(-c3ccc(C)cc3)nc2=S)CC1. The molecule has 0 atom stereocenters. The van der Waals surface area contributed by atoms with Crippen LogP contribution in [0.25, 0.3) is 11.4 Å². The molecule has 2 aromatic rings. The summed E-state index contributed by atoms with van der Waals surface area (Å²) >= 11 is 5.43. The van der Waals surface area contributed by atoms with Gasteiger partial charge in [0.15, 0.2) is 5.82 Å². The smallest absolute Gasteiger partial charge is 0.223 e. The highest BCUT2D eigenvalue weighted by Crippen LogP contribution is 2.19. The molecule has 1 amide bonds. The lowest BCUT2D eigenvalue weighted by Gasteiger charge is -2.31. The van der Waals surface area contributed by atoms with Crippen LogP contribution in [0.1, 0.15) is 31.7 Å². The van der Waals surface area contributed by atoms with E-state index in [1.165, 1.54) is 5.56 Å². The number of amides is 1. The fourth-order valence-corrected chi connectivity index (χ4v) is 3.70. The van der Waals surface area contributed by atoms with Crippen LogP contribution in [0.5, 0.6) is 0 Å². The van der Waals surface area contributed by atoms with Crippen molar-refractivity contribution in [1.82, 2.24) is 25.0 Å². The van der Waals surface area contributed by atoms with Gasteiger partial charge in [0.25, 0.3) is 0 Å². The lowest BCUT2D eigenvalue weighted by atomic mass is 9.96. The standard InChI is InChI=1S/C21H31N5O2S/c1-3-28-14-4-11-22-20(27)18-9-12-25(13-10-18)15-26-21(29)23-19(24-26)17-7-5-16(2)6-8-17/h5-8,18H,3-4,9-15H2,1-2H3,(H,22,27)(H,23,24,29). The number of likely N-dealkylation sites (tertiary alicyclic amines) is 1. The summed E-state index contributed by atoms with van der Waals surface area (Å²) < 4.78 is 7.75. The summed E-state index contributed by atoms with van der Waals surface area (Å²) in [4.78, 5) is 19.1. The Morgan fingerprint density at radius 1 is 1.31 bits per heavy atom. The number of hydrogen-bond acceptors (Lipinski definition) is 5. The molecule has 2 N–H and O–H groups in total. The number of piperidine rings is 1. The monoisotopic (exact) mass is 417 g/mol. The molecule has 8 heteroatoms. The van der Waals surface area contributed by atoms with Crippen molar-refractivity contribution < 1.29 is 9.53 Å². The maximum atomic E-state index is 12.3. The van der Waals surface area contributed by atoms with Crippen LogP contribution in [0.15, 0.2) is 24.3 Å². The number of H-pyrrole nitrogens is 1. The van der Waals surface area contributed by atoms with Gasteiger partial charge < -0.3 is 10.1 Å². The van der Waals surface area contributed by atoms with Crippen LogP contribution in [0.2, 0.25) is 0 Å². The second kappa shape index (κ2) is 10.7. The summed E-state index contributed by atoms with van der Waals surface area (Å²) in [7, 11) is 0. The van der Waals surface area contributed by atoms with Gasteiger partial charge in [0, 0.05) is 44.3 Å². The third-order valence-corrected chi connectivity index (χ3v) is 5.58. The summed E-state index contributed by atoms with van der Waals surface area (Å²) in [5, 5.41) is 6.35. The maximum absolute atomic E-state index is 12.3. The normalized spacial score (nSPS) is 15.5. The molecule has 1 aliphatic rings. The van der Waals surface area contributed by atoms with Gasteiger partial charge in [-0.25, -0.2) is 4.68 Å². The Bertz CT molecular complexity index is 838. The minimum absolute atomic E-state index is 0.0937. The van der Waals surface area contributed by atoms with E-state index in [2.05, 4.69) is 39.4 Å². The number of benzene rings is 1. The van der Waals surface area contributed by atoms with E-state index < -0.39 is 0 Å². The summed E-state index contributed by atoms with van der Waals surface area (Å²) in [6.45, 7) is 8.56. The van der Waals surface area contributed by atoms with Gasteiger partial charge >= 0.3 is 0 Å². The number of nitrogens with one attached hydrogen (secondary N) is 2. The first-order valence-corrected chi connectivity index (χ1v) is 10.8. The van der Waals surface area contributed by atoms with Gasteiger partial charge in [-0.05, 0) is 45.3 Å². The number of carbonyl (C=O) groups excluding carboxylic acids is 1. The topological polar surface area (TPSA) is 75.2 Å². The minimum Gasteiger partial charge on any atom is -0.382 e. The molecule has 0 radical (unpaired) electrons. The van der Waals surface area contributed by atoms with E-state index in [4.69, 9.17) is 17.0 Å². The molecule has 7 nitrogen and oxygen atoms in total. The minimum atomic E-state index is 0.0937. The molecule has 0 unspecified atom stereocenters. The average molecular weight is 418 g/mol. The number of ether oxygens (including phenoxy) is 1. The first-order chi connectivity index (χ1) is 14.1. The number of rotatable bonds is 9. The molecule has 1 aromatic heterocycles. The van der Waals surface area contributed by atoms with Crippen LogP contribution in [-0.4, -0.2) is 58.4 Å². The third-order valence-electron chi connectivity index (χ3n) is 5.27. The molecule has 3 rings (SSSR count). The zero-order chi connectivity index (χ0) is 20.6. The van der Waals surface area contributed by atoms with Crippen molar-refractivity contribution in [2.24, 2.45) is 5.92 Å². The molecular formula is C21H31N5O2S. The Hall–Kier alpha value is -2.03. The number of hydrogen-bond donors (Lipinski definition) is 2. The van der Waals surface area contributed by atoms with Gasteiger partial charge in [-0.2, -0.15) is 4.98 Å². The van der Waals surface area contributed by atoms with E-state index in [0.717, 1.165) is 50.3 Å². The molecule has 0 bridgehead atoms. The second-order valence-electron chi connectivity index (χ2n) is 7.52. The second-order valence-corrected chi connectivity index (χ2v) is 7.89. The van der Waals surface area contributed by atoms with Crippen LogP contribution < -0.4 is 5.32 Å². The Kier molecular flexibility index (Phi) is 7.97. The quantitative estimate of drug-likeness (QED) is 0.484. The maximum Gasteiger partial charge on any atom is 0.223 e. The van der Waals surface area contributed by atoms with Crippen molar-refractivity contribution in [1.29, 1.82) is 0 Å². The molecule has 158 valence electrons. The van der Waals surface area contributed by atoms with Crippen LogP contribution >= 0.6 is 12.2 Å². The molecule has 1 aliphatic heterocycles. The van der Waals surface area contributed by atoms with Crippen LogP contribution in [0.4, 0.5) is 0 Å². The van der Waals surface area contributed by atoms with E-state index in [9.17, 15) is 4.79 Å². The lowest BCUT2D eigenvalue weighted by molar-refractivity contribution is -0.126. The van der Waals surface area contributed by atoms with Crippen LogP contribution in [0, 0.1) is 17.6 Å². The summed E-state index contributed by atoms with van der Waals surface area (Å²) in [5.74, 6) is 1.05. The van der Waals surface area contributed by atoms with Gasteiger partial charge in [-0.3, -0.25) is 14.8 Å². The molecule has 0 spiro atoms. The van der Waals surface area contributed by atoms with E-state index in [1.54, 1.807) is 0 Å². The molecule has 2 heterocycles. The molecule has 29 heavy (non-hydrogen) atoms. The highest BCUT2D eigenvalue weighted by molar-refractivity contribution is 7.71. The Morgan fingerprint density at radius 2 is 2.03 bits per heavy atom. The van der Waals surface area contributed by atoms with Crippen molar-refractivity contribution >= 4 is 18.1 Å². The van der Waals surface area contributed by atoms with E-state index in [1.807, 2.05) is 23.7 Å². The number of aryl methyl sites for hydroxylation is 1. The van der Waals surface area contributed by atoms with Crippen LogP contribution in [0.3, 0.4) is 0 Å². The number of aromatic amines is 1. The van der Waals surface area contributed by atoms with Crippen LogP contribution in [-0.2, 0) is 16.2 Å². The Balaban J connectivity index is 1.46.